The van der Waals surface area contributed by atoms with Crippen LogP contribution in [0.25, 0.3) is 0 Å². The summed E-state index contributed by atoms with van der Waals surface area (Å²) in [5.41, 5.74) is 2.79. The number of allylic oxidation sites excluding steroid dienone is 1. The van der Waals surface area contributed by atoms with Crippen LogP contribution in [0, 0.1) is 6.92 Å². The number of aromatic nitrogens is 2. The Morgan fingerprint density at radius 3 is 2.69 bits per heavy atom. The van der Waals surface area contributed by atoms with Gasteiger partial charge >= 0.3 is 0 Å². The largest absolute Gasteiger partial charge is 0.350 e. The van der Waals surface area contributed by atoms with Crippen molar-refractivity contribution < 1.29 is 4.79 Å². The first-order chi connectivity index (χ1) is 12.7. The van der Waals surface area contributed by atoms with E-state index in [1.807, 2.05) is 6.92 Å². The Kier molecular flexibility index (Phi) is 6.61. The van der Waals surface area contributed by atoms with E-state index in [4.69, 9.17) is 0 Å². The topological polar surface area (TPSA) is 61.4 Å². The fourth-order valence-electron chi connectivity index (χ4n) is 3.63. The van der Waals surface area contributed by atoms with Crippen molar-refractivity contribution in [2.75, 3.05) is 44.2 Å². The summed E-state index contributed by atoms with van der Waals surface area (Å²) in [6.07, 6.45) is 8.21. The zero-order valence-electron chi connectivity index (χ0n) is 16.1. The van der Waals surface area contributed by atoms with E-state index in [0.717, 1.165) is 44.8 Å². The number of hydrogen-bond donors (Lipinski definition) is 1. The normalized spacial score (nSPS) is 18.5. The van der Waals surface area contributed by atoms with Gasteiger partial charge in [0.15, 0.2) is 0 Å². The van der Waals surface area contributed by atoms with Gasteiger partial charge in [-0.05, 0) is 51.6 Å². The van der Waals surface area contributed by atoms with E-state index in [0.29, 0.717) is 18.2 Å². The maximum absolute atomic E-state index is 12.5. The predicted molar refractivity (Wildman–Crippen MR) is 105 cm³/mol. The van der Waals surface area contributed by atoms with Crippen molar-refractivity contribution in [3.8, 4) is 0 Å². The van der Waals surface area contributed by atoms with Crippen LogP contribution in [-0.2, 0) is 0 Å². The van der Waals surface area contributed by atoms with E-state index in [1.165, 1.54) is 31.3 Å². The Hall–Kier alpha value is -1.95. The molecule has 1 amide bonds. The van der Waals surface area contributed by atoms with Gasteiger partial charge in [0.25, 0.3) is 5.91 Å². The van der Waals surface area contributed by atoms with Gasteiger partial charge < -0.3 is 15.1 Å². The molecule has 0 saturated carbocycles. The summed E-state index contributed by atoms with van der Waals surface area (Å²) in [5.74, 6) is 0.584. The van der Waals surface area contributed by atoms with Crippen LogP contribution in [0.2, 0.25) is 0 Å². The first kappa shape index (κ1) is 18.8. The summed E-state index contributed by atoms with van der Waals surface area (Å²) in [6, 6.07) is 1.78. The third-order valence-electron chi connectivity index (χ3n) is 5.29. The van der Waals surface area contributed by atoms with Gasteiger partial charge in [0.2, 0.25) is 5.95 Å². The highest BCUT2D eigenvalue weighted by molar-refractivity contribution is 5.92. The van der Waals surface area contributed by atoms with Crippen LogP contribution in [0.15, 0.2) is 17.7 Å². The standard InChI is InChI=1S/C20H31N5O/c1-3-24-11-13-25(14-12-24)20-22-16(2)15-18(23-20)19(26)21-10-9-17-7-5-4-6-8-17/h7,15H,3-6,8-14H2,1-2H3,(H,21,26). The second-order valence-corrected chi connectivity index (χ2v) is 7.23. The maximum Gasteiger partial charge on any atom is 0.270 e. The molecule has 0 spiro atoms. The lowest BCUT2D eigenvalue weighted by Crippen LogP contribution is -2.47. The fraction of sp³-hybridized carbons (Fsp3) is 0.650. The Balaban J connectivity index is 1.58. The van der Waals surface area contributed by atoms with Crippen LogP contribution in [0.4, 0.5) is 5.95 Å². The molecule has 1 aliphatic carbocycles. The van der Waals surface area contributed by atoms with Crippen molar-refractivity contribution in [1.29, 1.82) is 0 Å². The lowest BCUT2D eigenvalue weighted by Gasteiger charge is -2.34. The summed E-state index contributed by atoms with van der Waals surface area (Å²) < 4.78 is 0. The van der Waals surface area contributed by atoms with Gasteiger partial charge in [-0.25, -0.2) is 9.97 Å². The Labute approximate surface area is 156 Å². The summed E-state index contributed by atoms with van der Waals surface area (Å²) in [4.78, 5) is 26.2. The molecule has 3 rings (SSSR count). The molecule has 6 nitrogen and oxygen atoms in total. The van der Waals surface area contributed by atoms with Crippen molar-refractivity contribution in [3.63, 3.8) is 0 Å². The van der Waals surface area contributed by atoms with Crippen LogP contribution in [0.1, 0.15) is 55.2 Å². The SMILES string of the molecule is CCN1CCN(c2nc(C)cc(C(=O)NCCC3=CCCCC3)n2)CC1. The molecule has 26 heavy (non-hydrogen) atoms. The number of piperazine rings is 1. The number of carbonyl (C=O) groups is 1. The average molecular weight is 358 g/mol. The number of aryl methyl sites for hydroxylation is 1. The molecule has 1 N–H and O–H groups in total. The summed E-state index contributed by atoms with van der Waals surface area (Å²) in [7, 11) is 0. The molecule has 1 aromatic heterocycles. The molecule has 2 aliphatic rings. The van der Waals surface area contributed by atoms with Gasteiger partial charge in [-0.15, -0.1) is 0 Å². The lowest BCUT2D eigenvalue weighted by molar-refractivity contribution is 0.0949. The van der Waals surface area contributed by atoms with Crippen molar-refractivity contribution in [2.24, 2.45) is 0 Å². The van der Waals surface area contributed by atoms with Crippen molar-refractivity contribution in [3.05, 3.63) is 29.1 Å². The Bertz CT molecular complexity index is 650. The number of nitrogens with one attached hydrogen (secondary N) is 1. The van der Waals surface area contributed by atoms with Crippen molar-refractivity contribution >= 4 is 11.9 Å². The smallest absolute Gasteiger partial charge is 0.270 e. The molecule has 2 heterocycles. The van der Waals surface area contributed by atoms with E-state index < -0.39 is 0 Å². The molecule has 1 aliphatic heterocycles. The molecule has 0 aromatic carbocycles. The molecule has 142 valence electrons. The highest BCUT2D eigenvalue weighted by Crippen LogP contribution is 2.19. The molecule has 1 saturated heterocycles. The second-order valence-electron chi connectivity index (χ2n) is 7.23. The van der Waals surface area contributed by atoms with Gasteiger partial charge in [-0.1, -0.05) is 18.6 Å². The van der Waals surface area contributed by atoms with Gasteiger partial charge in [0, 0.05) is 38.4 Å². The molecule has 1 fully saturated rings. The van der Waals surface area contributed by atoms with Crippen LogP contribution < -0.4 is 10.2 Å². The molecule has 0 atom stereocenters. The summed E-state index contributed by atoms with van der Waals surface area (Å²) in [5, 5.41) is 3.02. The molecule has 6 heteroatoms. The molecule has 1 aromatic rings. The monoisotopic (exact) mass is 357 g/mol. The van der Waals surface area contributed by atoms with Crippen LogP contribution in [0.5, 0.6) is 0 Å². The number of anilines is 1. The summed E-state index contributed by atoms with van der Waals surface area (Å²) in [6.45, 7) is 9.72. The third-order valence-corrected chi connectivity index (χ3v) is 5.29. The number of carbonyl (C=O) groups excluding carboxylic acids is 1. The Morgan fingerprint density at radius 1 is 1.19 bits per heavy atom. The number of nitrogens with zero attached hydrogens (tertiary/aromatic N) is 4. The highest BCUT2D eigenvalue weighted by atomic mass is 16.1. The molecular weight excluding hydrogens is 326 g/mol. The van der Waals surface area contributed by atoms with E-state index in [-0.39, 0.29) is 5.91 Å². The molecule has 0 radical (unpaired) electrons. The van der Waals surface area contributed by atoms with Gasteiger partial charge in [-0.3, -0.25) is 4.79 Å². The Morgan fingerprint density at radius 2 is 2.00 bits per heavy atom. The number of amides is 1. The molecular formula is C20H31N5O. The average Bonchev–Trinajstić information content (AvgIpc) is 2.68. The van der Waals surface area contributed by atoms with Crippen LogP contribution >= 0.6 is 0 Å². The molecule has 0 bridgehead atoms. The number of hydrogen-bond acceptors (Lipinski definition) is 5. The minimum Gasteiger partial charge on any atom is -0.350 e. The van der Waals surface area contributed by atoms with Gasteiger partial charge in [-0.2, -0.15) is 0 Å². The van der Waals surface area contributed by atoms with Crippen molar-refractivity contribution in [1.82, 2.24) is 20.2 Å². The molecule has 0 unspecified atom stereocenters. The maximum atomic E-state index is 12.5. The summed E-state index contributed by atoms with van der Waals surface area (Å²) >= 11 is 0. The minimum atomic E-state index is -0.0969. The van der Waals surface area contributed by atoms with E-state index in [2.05, 4.69) is 38.1 Å². The lowest BCUT2D eigenvalue weighted by atomic mass is 9.97. The number of likely N-dealkylation sites (N-methyl/N-ethyl adjacent to an activating group) is 1. The van der Waals surface area contributed by atoms with E-state index in [9.17, 15) is 4.79 Å². The van der Waals surface area contributed by atoms with Crippen LogP contribution in [-0.4, -0.2) is 60.0 Å². The first-order valence-corrected chi connectivity index (χ1v) is 9.95. The minimum absolute atomic E-state index is 0.0969. The van der Waals surface area contributed by atoms with E-state index >= 15 is 0 Å². The van der Waals surface area contributed by atoms with Gasteiger partial charge in [0.05, 0.1) is 0 Å². The zero-order chi connectivity index (χ0) is 18.4. The zero-order valence-corrected chi connectivity index (χ0v) is 16.1. The second kappa shape index (κ2) is 9.12. The fourth-order valence-corrected chi connectivity index (χ4v) is 3.63. The van der Waals surface area contributed by atoms with Crippen molar-refractivity contribution in [2.45, 2.75) is 46.0 Å². The van der Waals surface area contributed by atoms with Crippen LogP contribution in [0.3, 0.4) is 0 Å². The highest BCUT2D eigenvalue weighted by Gasteiger charge is 2.20. The first-order valence-electron chi connectivity index (χ1n) is 9.95. The third kappa shape index (κ3) is 5.04. The van der Waals surface area contributed by atoms with E-state index in [1.54, 1.807) is 6.07 Å². The number of rotatable bonds is 6. The van der Waals surface area contributed by atoms with Gasteiger partial charge in [0.1, 0.15) is 5.69 Å². The predicted octanol–water partition coefficient (Wildman–Crippen LogP) is 2.55. The quantitative estimate of drug-likeness (QED) is 0.793.